The van der Waals surface area contributed by atoms with Gasteiger partial charge in [-0.1, -0.05) is 31.0 Å². The van der Waals surface area contributed by atoms with Crippen molar-refractivity contribution in [2.24, 2.45) is 5.41 Å². The summed E-state index contributed by atoms with van der Waals surface area (Å²) in [7, 11) is 0. The van der Waals surface area contributed by atoms with Crippen LogP contribution in [-0.4, -0.2) is 24.0 Å². The number of hydrogen-bond acceptors (Lipinski definition) is 4. The SMILES string of the molecule is CCC1(OC(=O)C(C)(COc2ccc(C)cc2)C(C)=O)CCCCC1. The highest BCUT2D eigenvalue weighted by atomic mass is 16.6. The molecule has 1 aliphatic carbocycles. The standard InChI is InChI=1S/C21H30O4/c1-5-21(13-7-6-8-14-21)25-19(23)20(4,17(3)22)15-24-18-11-9-16(2)10-12-18/h9-12H,5-8,13-15H2,1-4H3. The van der Waals surface area contributed by atoms with E-state index in [1.807, 2.05) is 38.1 Å². The summed E-state index contributed by atoms with van der Waals surface area (Å²) in [5.41, 5.74) is -0.580. The van der Waals surface area contributed by atoms with Gasteiger partial charge >= 0.3 is 5.97 Å². The highest BCUT2D eigenvalue weighted by Gasteiger charge is 2.45. The Labute approximate surface area is 150 Å². The van der Waals surface area contributed by atoms with Gasteiger partial charge in [-0.05, 0) is 65.0 Å². The summed E-state index contributed by atoms with van der Waals surface area (Å²) in [5, 5.41) is 0. The smallest absolute Gasteiger partial charge is 0.323 e. The summed E-state index contributed by atoms with van der Waals surface area (Å²) in [5.74, 6) is -0.0451. The molecule has 1 saturated carbocycles. The maximum Gasteiger partial charge on any atom is 0.323 e. The summed E-state index contributed by atoms with van der Waals surface area (Å²) < 4.78 is 11.7. The van der Waals surface area contributed by atoms with Gasteiger partial charge in [-0.3, -0.25) is 9.59 Å². The molecule has 1 aromatic carbocycles. The molecule has 0 N–H and O–H groups in total. The van der Waals surface area contributed by atoms with Crippen molar-refractivity contribution in [1.82, 2.24) is 0 Å². The number of Topliss-reactive ketones (excluding diaryl/α,β-unsaturated/α-hetero) is 1. The molecule has 2 rings (SSSR count). The van der Waals surface area contributed by atoms with Gasteiger partial charge < -0.3 is 9.47 Å². The maximum absolute atomic E-state index is 12.9. The van der Waals surface area contributed by atoms with Crippen LogP contribution < -0.4 is 4.74 Å². The first kappa shape index (κ1) is 19.5. The number of ether oxygens (including phenoxy) is 2. The molecule has 0 aliphatic heterocycles. The fraction of sp³-hybridized carbons (Fsp3) is 0.619. The van der Waals surface area contributed by atoms with Gasteiger partial charge in [0.2, 0.25) is 0 Å². The minimum absolute atomic E-state index is 0.00990. The second-order valence-corrected chi connectivity index (χ2v) is 7.48. The van der Waals surface area contributed by atoms with E-state index in [2.05, 4.69) is 0 Å². The molecule has 1 unspecified atom stereocenters. The van der Waals surface area contributed by atoms with E-state index in [4.69, 9.17) is 9.47 Å². The van der Waals surface area contributed by atoms with Crippen LogP contribution in [0, 0.1) is 12.3 Å². The number of esters is 1. The summed E-state index contributed by atoms with van der Waals surface area (Å²) in [4.78, 5) is 25.1. The summed E-state index contributed by atoms with van der Waals surface area (Å²) in [6.45, 7) is 7.09. The molecule has 0 bridgehead atoms. The van der Waals surface area contributed by atoms with Crippen LogP contribution in [0.1, 0.15) is 64.9 Å². The normalized spacial score (nSPS) is 18.9. The zero-order valence-corrected chi connectivity index (χ0v) is 15.9. The average Bonchev–Trinajstić information content (AvgIpc) is 2.61. The largest absolute Gasteiger partial charge is 0.492 e. The Morgan fingerprint density at radius 3 is 2.24 bits per heavy atom. The Morgan fingerprint density at radius 1 is 1.12 bits per heavy atom. The number of rotatable bonds is 7. The molecule has 4 heteroatoms. The lowest BCUT2D eigenvalue weighted by molar-refractivity contribution is -0.178. The molecule has 1 atom stereocenters. The van der Waals surface area contributed by atoms with E-state index in [0.717, 1.165) is 37.7 Å². The van der Waals surface area contributed by atoms with Crippen LogP contribution in [0.3, 0.4) is 0 Å². The minimum atomic E-state index is -1.29. The molecule has 25 heavy (non-hydrogen) atoms. The number of hydrogen-bond donors (Lipinski definition) is 0. The van der Waals surface area contributed by atoms with Crippen molar-refractivity contribution in [3.8, 4) is 5.75 Å². The number of carbonyl (C=O) groups excluding carboxylic acids is 2. The quantitative estimate of drug-likeness (QED) is 0.534. The number of benzene rings is 1. The molecule has 0 radical (unpaired) electrons. The van der Waals surface area contributed by atoms with Crippen LogP contribution in [0.5, 0.6) is 5.75 Å². The van der Waals surface area contributed by atoms with Crippen molar-refractivity contribution in [2.45, 2.75) is 71.8 Å². The number of ketones is 1. The third-order valence-corrected chi connectivity index (χ3v) is 5.49. The zero-order chi connectivity index (χ0) is 18.5. The van der Waals surface area contributed by atoms with Crippen molar-refractivity contribution in [3.05, 3.63) is 29.8 Å². The third-order valence-electron chi connectivity index (χ3n) is 5.49. The lowest BCUT2D eigenvalue weighted by Crippen LogP contribution is -2.47. The van der Waals surface area contributed by atoms with E-state index in [0.29, 0.717) is 5.75 Å². The van der Waals surface area contributed by atoms with Crippen LogP contribution in [0.4, 0.5) is 0 Å². The summed E-state index contributed by atoms with van der Waals surface area (Å²) in [6, 6.07) is 7.56. The van der Waals surface area contributed by atoms with Gasteiger partial charge in [-0.25, -0.2) is 0 Å². The maximum atomic E-state index is 12.9. The van der Waals surface area contributed by atoms with Crippen molar-refractivity contribution < 1.29 is 19.1 Å². The number of aryl methyl sites for hydroxylation is 1. The molecule has 1 fully saturated rings. The molecule has 0 heterocycles. The van der Waals surface area contributed by atoms with E-state index in [-0.39, 0.29) is 12.4 Å². The first-order valence-electron chi connectivity index (χ1n) is 9.25. The highest BCUT2D eigenvalue weighted by molar-refractivity contribution is 6.02. The molecule has 138 valence electrons. The molecule has 0 amide bonds. The summed E-state index contributed by atoms with van der Waals surface area (Å²) in [6.07, 6.45) is 5.85. The molecule has 1 aromatic rings. The van der Waals surface area contributed by atoms with Gasteiger partial charge in [0.25, 0.3) is 0 Å². The van der Waals surface area contributed by atoms with E-state index in [1.165, 1.54) is 13.3 Å². The number of carbonyl (C=O) groups is 2. The fourth-order valence-corrected chi connectivity index (χ4v) is 3.20. The Balaban J connectivity index is 2.10. The Morgan fingerprint density at radius 2 is 1.72 bits per heavy atom. The zero-order valence-electron chi connectivity index (χ0n) is 15.9. The lowest BCUT2D eigenvalue weighted by atomic mass is 9.81. The van der Waals surface area contributed by atoms with Crippen LogP contribution in [0.2, 0.25) is 0 Å². The molecule has 0 saturated heterocycles. The third kappa shape index (κ3) is 4.62. The van der Waals surface area contributed by atoms with Gasteiger partial charge in [-0.15, -0.1) is 0 Å². The van der Waals surface area contributed by atoms with Crippen molar-refractivity contribution in [2.75, 3.05) is 6.61 Å². The van der Waals surface area contributed by atoms with Gasteiger partial charge in [0, 0.05) is 0 Å². The molecule has 0 spiro atoms. The monoisotopic (exact) mass is 346 g/mol. The Hall–Kier alpha value is -1.84. The highest BCUT2D eigenvalue weighted by Crippen LogP contribution is 2.36. The van der Waals surface area contributed by atoms with E-state index >= 15 is 0 Å². The molecule has 1 aliphatic rings. The second-order valence-electron chi connectivity index (χ2n) is 7.48. The minimum Gasteiger partial charge on any atom is -0.492 e. The Kier molecular flexibility index (Phi) is 6.26. The first-order chi connectivity index (χ1) is 11.8. The van der Waals surface area contributed by atoms with Crippen molar-refractivity contribution >= 4 is 11.8 Å². The van der Waals surface area contributed by atoms with E-state index in [9.17, 15) is 9.59 Å². The van der Waals surface area contributed by atoms with E-state index < -0.39 is 17.0 Å². The topological polar surface area (TPSA) is 52.6 Å². The summed E-state index contributed by atoms with van der Waals surface area (Å²) >= 11 is 0. The predicted octanol–water partition coefficient (Wildman–Crippen LogP) is 4.63. The first-order valence-corrected chi connectivity index (χ1v) is 9.25. The van der Waals surface area contributed by atoms with Crippen LogP contribution in [0.15, 0.2) is 24.3 Å². The van der Waals surface area contributed by atoms with E-state index in [1.54, 1.807) is 6.92 Å². The molecular formula is C21H30O4. The predicted molar refractivity (Wildman–Crippen MR) is 97.7 cm³/mol. The molecule has 0 aromatic heterocycles. The van der Waals surface area contributed by atoms with Crippen LogP contribution in [0.25, 0.3) is 0 Å². The lowest BCUT2D eigenvalue weighted by Gasteiger charge is -2.38. The second kappa shape index (κ2) is 8.03. The average molecular weight is 346 g/mol. The van der Waals surface area contributed by atoms with Crippen molar-refractivity contribution in [3.63, 3.8) is 0 Å². The van der Waals surface area contributed by atoms with Gasteiger partial charge in [0.1, 0.15) is 23.7 Å². The van der Waals surface area contributed by atoms with Crippen LogP contribution in [-0.2, 0) is 14.3 Å². The van der Waals surface area contributed by atoms with Gasteiger partial charge in [-0.2, -0.15) is 0 Å². The molecular weight excluding hydrogens is 316 g/mol. The van der Waals surface area contributed by atoms with Crippen molar-refractivity contribution in [1.29, 1.82) is 0 Å². The van der Waals surface area contributed by atoms with Gasteiger partial charge in [0.15, 0.2) is 5.41 Å². The molecule has 4 nitrogen and oxygen atoms in total. The Bertz CT molecular complexity index is 599. The van der Waals surface area contributed by atoms with Crippen LogP contribution >= 0.6 is 0 Å². The van der Waals surface area contributed by atoms with Gasteiger partial charge in [0.05, 0.1) is 0 Å². The fourth-order valence-electron chi connectivity index (χ4n) is 3.20.